The van der Waals surface area contributed by atoms with E-state index in [1.807, 2.05) is 24.4 Å². The molecule has 0 amide bonds. The lowest BCUT2D eigenvalue weighted by Crippen LogP contribution is -2.25. The van der Waals surface area contributed by atoms with Crippen molar-refractivity contribution in [2.24, 2.45) is 0 Å². The number of pyridine rings is 2. The molecule has 0 aliphatic carbocycles. The zero-order valence-electron chi connectivity index (χ0n) is 10.6. The minimum Gasteiger partial charge on any atom is -0.350 e. The summed E-state index contributed by atoms with van der Waals surface area (Å²) < 4.78 is 1.81. The Balaban J connectivity index is 2.25. The predicted molar refractivity (Wildman–Crippen MR) is 85.2 cm³/mol. The molecule has 0 unspecified atom stereocenters. The molecule has 0 saturated heterocycles. The SMILES string of the molecule is N#CCCN(Cc1cccnc1)c1ncc(Br)cc1Br. The first kappa shape index (κ1) is 14.9. The van der Waals surface area contributed by atoms with Crippen LogP contribution in [0.3, 0.4) is 0 Å². The number of hydrogen-bond donors (Lipinski definition) is 0. The maximum atomic E-state index is 8.81. The monoisotopic (exact) mass is 394 g/mol. The van der Waals surface area contributed by atoms with E-state index >= 15 is 0 Å². The van der Waals surface area contributed by atoms with E-state index in [1.54, 1.807) is 12.4 Å². The number of aromatic nitrogens is 2. The molecule has 0 radical (unpaired) electrons. The molecule has 0 aliphatic heterocycles. The van der Waals surface area contributed by atoms with Gasteiger partial charge in [0.25, 0.3) is 0 Å². The first-order valence-electron chi connectivity index (χ1n) is 6.02. The molecule has 4 nitrogen and oxygen atoms in total. The highest BCUT2D eigenvalue weighted by Crippen LogP contribution is 2.27. The standard InChI is InChI=1S/C14H12Br2N4/c15-12-7-13(16)14(19-9-12)20(6-2-4-17)10-11-3-1-5-18-8-11/h1,3,5,7-9H,2,6,10H2. The van der Waals surface area contributed by atoms with Gasteiger partial charge >= 0.3 is 0 Å². The molecular formula is C14H12Br2N4. The number of rotatable bonds is 5. The normalized spacial score (nSPS) is 10.1. The number of nitriles is 1. The fourth-order valence-electron chi connectivity index (χ4n) is 1.80. The molecule has 0 atom stereocenters. The van der Waals surface area contributed by atoms with Crippen LogP contribution in [0.5, 0.6) is 0 Å². The number of halogens is 2. The Morgan fingerprint density at radius 3 is 2.80 bits per heavy atom. The molecule has 0 aliphatic rings. The fourth-order valence-corrected chi connectivity index (χ4v) is 3.04. The summed E-state index contributed by atoms with van der Waals surface area (Å²) in [5, 5.41) is 8.81. The van der Waals surface area contributed by atoms with Crippen molar-refractivity contribution in [3.63, 3.8) is 0 Å². The molecule has 0 aromatic carbocycles. The highest BCUT2D eigenvalue weighted by molar-refractivity contribution is 9.11. The van der Waals surface area contributed by atoms with Crippen molar-refractivity contribution in [1.29, 1.82) is 5.26 Å². The number of hydrogen-bond acceptors (Lipinski definition) is 4. The lowest BCUT2D eigenvalue weighted by molar-refractivity contribution is 0.777. The molecule has 6 heteroatoms. The molecule has 2 aromatic rings. The van der Waals surface area contributed by atoms with Gasteiger partial charge in [0.05, 0.1) is 17.0 Å². The van der Waals surface area contributed by atoms with Crippen molar-refractivity contribution in [2.75, 3.05) is 11.4 Å². The van der Waals surface area contributed by atoms with Crippen LogP contribution in [0.2, 0.25) is 0 Å². The number of nitrogens with zero attached hydrogens (tertiary/aromatic N) is 4. The fraction of sp³-hybridized carbons (Fsp3) is 0.214. The van der Waals surface area contributed by atoms with Crippen LogP contribution in [-0.2, 0) is 6.54 Å². The molecule has 0 saturated carbocycles. The Kier molecular flexibility index (Phi) is 5.50. The van der Waals surface area contributed by atoms with Gasteiger partial charge in [-0.1, -0.05) is 6.07 Å². The van der Waals surface area contributed by atoms with Gasteiger partial charge in [-0.05, 0) is 49.6 Å². The average molecular weight is 396 g/mol. The third-order valence-electron chi connectivity index (χ3n) is 2.68. The Morgan fingerprint density at radius 1 is 1.30 bits per heavy atom. The van der Waals surface area contributed by atoms with Gasteiger partial charge in [-0.15, -0.1) is 0 Å². The van der Waals surface area contributed by atoms with Crippen LogP contribution in [0, 0.1) is 11.3 Å². The molecule has 0 bridgehead atoms. The van der Waals surface area contributed by atoms with Crippen molar-refractivity contribution in [1.82, 2.24) is 9.97 Å². The highest BCUT2D eigenvalue weighted by Gasteiger charge is 2.12. The maximum Gasteiger partial charge on any atom is 0.143 e. The first-order valence-corrected chi connectivity index (χ1v) is 7.61. The smallest absolute Gasteiger partial charge is 0.143 e. The van der Waals surface area contributed by atoms with Crippen LogP contribution < -0.4 is 4.90 Å². The van der Waals surface area contributed by atoms with E-state index < -0.39 is 0 Å². The minimum atomic E-state index is 0.449. The molecule has 2 rings (SSSR count). The largest absolute Gasteiger partial charge is 0.350 e. The molecule has 2 aromatic heterocycles. The predicted octanol–water partition coefficient (Wildman–Crippen LogP) is 3.92. The molecule has 20 heavy (non-hydrogen) atoms. The molecule has 102 valence electrons. The second-order valence-electron chi connectivity index (χ2n) is 4.15. The second kappa shape index (κ2) is 7.36. The number of anilines is 1. The van der Waals surface area contributed by atoms with Crippen molar-refractivity contribution in [3.05, 3.63) is 51.3 Å². The molecule has 0 fully saturated rings. The summed E-state index contributed by atoms with van der Waals surface area (Å²) in [6.07, 6.45) is 5.77. The van der Waals surface area contributed by atoms with E-state index in [0.29, 0.717) is 19.5 Å². The van der Waals surface area contributed by atoms with Gasteiger partial charge in [0.2, 0.25) is 0 Å². The topological polar surface area (TPSA) is 52.8 Å². The summed E-state index contributed by atoms with van der Waals surface area (Å²) in [7, 11) is 0. The van der Waals surface area contributed by atoms with Crippen molar-refractivity contribution in [2.45, 2.75) is 13.0 Å². The molecule has 2 heterocycles. The summed E-state index contributed by atoms with van der Waals surface area (Å²) in [5.74, 6) is 0.826. The Morgan fingerprint density at radius 2 is 2.15 bits per heavy atom. The Bertz CT molecular complexity index is 610. The first-order chi connectivity index (χ1) is 9.70. The quantitative estimate of drug-likeness (QED) is 0.769. The van der Waals surface area contributed by atoms with Gasteiger partial charge in [0.1, 0.15) is 5.82 Å². The average Bonchev–Trinajstić information content (AvgIpc) is 2.45. The van der Waals surface area contributed by atoms with Crippen molar-refractivity contribution >= 4 is 37.7 Å². The van der Waals surface area contributed by atoms with E-state index in [9.17, 15) is 0 Å². The van der Waals surface area contributed by atoms with Crippen LogP contribution in [0.15, 0.2) is 45.7 Å². The van der Waals surface area contributed by atoms with E-state index in [0.717, 1.165) is 20.3 Å². The summed E-state index contributed by atoms with van der Waals surface area (Å²) in [4.78, 5) is 10.6. The highest BCUT2D eigenvalue weighted by atomic mass is 79.9. The Labute approximate surface area is 134 Å². The van der Waals surface area contributed by atoms with Gasteiger partial charge in [0.15, 0.2) is 0 Å². The van der Waals surface area contributed by atoms with Gasteiger partial charge in [-0.25, -0.2) is 4.98 Å². The second-order valence-corrected chi connectivity index (χ2v) is 5.92. The van der Waals surface area contributed by atoms with Crippen LogP contribution in [0.1, 0.15) is 12.0 Å². The minimum absolute atomic E-state index is 0.449. The molecule has 0 spiro atoms. The lowest BCUT2D eigenvalue weighted by Gasteiger charge is -2.23. The van der Waals surface area contributed by atoms with E-state index in [-0.39, 0.29) is 0 Å². The zero-order chi connectivity index (χ0) is 14.4. The van der Waals surface area contributed by atoms with Gasteiger partial charge in [0, 0.05) is 36.2 Å². The molecular weight excluding hydrogens is 384 g/mol. The third-order valence-corrected chi connectivity index (χ3v) is 3.69. The molecule has 0 N–H and O–H groups in total. The summed E-state index contributed by atoms with van der Waals surface area (Å²) >= 11 is 6.91. The summed E-state index contributed by atoms with van der Waals surface area (Å²) in [5.41, 5.74) is 1.09. The van der Waals surface area contributed by atoms with E-state index in [4.69, 9.17) is 5.26 Å². The van der Waals surface area contributed by atoms with Gasteiger partial charge in [-0.3, -0.25) is 4.98 Å². The summed E-state index contributed by atoms with van der Waals surface area (Å²) in [6, 6.07) is 8.04. The zero-order valence-corrected chi connectivity index (χ0v) is 13.8. The van der Waals surface area contributed by atoms with Crippen LogP contribution in [0.4, 0.5) is 5.82 Å². The van der Waals surface area contributed by atoms with Crippen LogP contribution in [0.25, 0.3) is 0 Å². The van der Waals surface area contributed by atoms with Gasteiger partial charge in [-0.2, -0.15) is 5.26 Å². The summed E-state index contributed by atoms with van der Waals surface area (Å²) in [6.45, 7) is 1.29. The Hall–Kier alpha value is -1.45. The van der Waals surface area contributed by atoms with Crippen molar-refractivity contribution < 1.29 is 0 Å². The van der Waals surface area contributed by atoms with Crippen LogP contribution in [-0.4, -0.2) is 16.5 Å². The van der Waals surface area contributed by atoms with E-state index in [1.165, 1.54) is 0 Å². The van der Waals surface area contributed by atoms with Crippen LogP contribution >= 0.6 is 31.9 Å². The van der Waals surface area contributed by atoms with E-state index in [2.05, 4.69) is 52.8 Å². The lowest BCUT2D eigenvalue weighted by atomic mass is 10.2. The van der Waals surface area contributed by atoms with Crippen molar-refractivity contribution in [3.8, 4) is 6.07 Å². The third kappa shape index (κ3) is 4.02. The maximum absolute atomic E-state index is 8.81. The van der Waals surface area contributed by atoms with Gasteiger partial charge < -0.3 is 4.90 Å².